The van der Waals surface area contributed by atoms with Crippen LogP contribution in [0.25, 0.3) is 0 Å². The van der Waals surface area contributed by atoms with Gasteiger partial charge in [0, 0.05) is 12.1 Å². The van der Waals surface area contributed by atoms with Gasteiger partial charge in [0.25, 0.3) is 10.0 Å². The second kappa shape index (κ2) is 7.33. The fourth-order valence-corrected chi connectivity index (χ4v) is 4.84. The minimum atomic E-state index is -3.70. The maximum Gasteiger partial charge on any atom is 0.264 e. The molecule has 1 aliphatic rings. The number of para-hydroxylation sites is 1. The lowest BCUT2D eigenvalue weighted by molar-refractivity contribution is -0.368. The molecule has 3 rings (SSSR count). The molecule has 0 spiro atoms. The molecule has 1 unspecified atom stereocenters. The number of nitrogens with one attached hydrogen (secondary N) is 1. The maximum atomic E-state index is 13.1. The molecule has 1 aliphatic heterocycles. The SMILES string of the molecule is CN1c2ccccc2C(NCCCC[O-])c2ccc(Cl)cc2S1(=O)=O. The summed E-state index contributed by atoms with van der Waals surface area (Å²) in [6.07, 6.45) is 1.33. The molecule has 1 atom stereocenters. The van der Waals surface area contributed by atoms with Crippen LogP contribution in [-0.4, -0.2) is 28.6 Å². The van der Waals surface area contributed by atoms with Crippen molar-refractivity contribution >= 4 is 27.3 Å². The number of anilines is 1. The highest BCUT2D eigenvalue weighted by Crippen LogP contribution is 2.40. The Kier molecular flexibility index (Phi) is 5.34. The normalized spacial score (nSPS) is 18.4. The summed E-state index contributed by atoms with van der Waals surface area (Å²) in [6, 6.07) is 12.1. The monoisotopic (exact) mass is 379 g/mol. The number of benzene rings is 2. The highest BCUT2D eigenvalue weighted by Gasteiger charge is 2.34. The summed E-state index contributed by atoms with van der Waals surface area (Å²) in [5.41, 5.74) is 2.19. The molecule has 134 valence electrons. The Balaban J connectivity index is 2.15. The van der Waals surface area contributed by atoms with E-state index in [9.17, 15) is 13.5 Å². The van der Waals surface area contributed by atoms with Gasteiger partial charge in [0.15, 0.2) is 0 Å². The molecular weight excluding hydrogens is 360 g/mol. The number of nitrogens with zero attached hydrogens (tertiary/aromatic N) is 1. The molecule has 0 saturated heterocycles. The predicted octanol–water partition coefficient (Wildman–Crippen LogP) is 2.30. The van der Waals surface area contributed by atoms with Crippen LogP contribution in [0.2, 0.25) is 5.02 Å². The third-order valence-corrected chi connectivity index (χ3v) is 6.49. The number of hydrogen-bond acceptors (Lipinski definition) is 4. The van der Waals surface area contributed by atoms with E-state index in [1.165, 1.54) is 10.4 Å². The summed E-state index contributed by atoms with van der Waals surface area (Å²) in [5, 5.41) is 14.5. The first-order valence-corrected chi connectivity index (χ1v) is 9.97. The minimum absolute atomic E-state index is 0.105. The molecule has 0 fully saturated rings. The molecular formula is C18H20ClN2O3S-. The number of rotatable bonds is 5. The minimum Gasteiger partial charge on any atom is -0.854 e. The van der Waals surface area contributed by atoms with E-state index in [0.717, 1.165) is 12.0 Å². The molecule has 7 heteroatoms. The molecule has 0 aliphatic carbocycles. The van der Waals surface area contributed by atoms with Gasteiger partial charge >= 0.3 is 0 Å². The van der Waals surface area contributed by atoms with Gasteiger partial charge < -0.3 is 10.4 Å². The van der Waals surface area contributed by atoms with Crippen LogP contribution in [0, 0.1) is 0 Å². The van der Waals surface area contributed by atoms with E-state index in [1.54, 1.807) is 25.2 Å². The Morgan fingerprint density at radius 2 is 1.92 bits per heavy atom. The lowest BCUT2D eigenvalue weighted by Gasteiger charge is -2.22. The van der Waals surface area contributed by atoms with Gasteiger partial charge in [-0.15, -0.1) is 6.61 Å². The van der Waals surface area contributed by atoms with Crippen molar-refractivity contribution in [2.75, 3.05) is 24.5 Å². The fourth-order valence-electron chi connectivity index (χ4n) is 3.13. The first kappa shape index (κ1) is 18.2. The maximum absolute atomic E-state index is 13.1. The van der Waals surface area contributed by atoms with Gasteiger partial charge in [0.1, 0.15) is 0 Å². The van der Waals surface area contributed by atoms with Crippen molar-refractivity contribution in [3.63, 3.8) is 0 Å². The van der Waals surface area contributed by atoms with Crippen molar-refractivity contribution in [1.82, 2.24) is 5.32 Å². The first-order chi connectivity index (χ1) is 12.0. The highest BCUT2D eigenvalue weighted by molar-refractivity contribution is 7.92. The molecule has 0 amide bonds. The summed E-state index contributed by atoms with van der Waals surface area (Å²) in [5.74, 6) is 0. The van der Waals surface area contributed by atoms with Crippen molar-refractivity contribution in [2.24, 2.45) is 0 Å². The van der Waals surface area contributed by atoms with Crippen LogP contribution in [0.15, 0.2) is 47.4 Å². The van der Waals surface area contributed by atoms with Crippen LogP contribution in [0.1, 0.15) is 30.0 Å². The van der Waals surface area contributed by atoms with Crippen molar-refractivity contribution in [3.8, 4) is 0 Å². The van der Waals surface area contributed by atoms with Gasteiger partial charge in [0.05, 0.1) is 16.6 Å². The second-order valence-corrected chi connectivity index (χ2v) is 8.39. The Bertz CT molecular complexity index is 870. The molecule has 5 nitrogen and oxygen atoms in total. The average molecular weight is 380 g/mol. The summed E-state index contributed by atoms with van der Waals surface area (Å²) >= 11 is 6.07. The largest absolute Gasteiger partial charge is 0.854 e. The van der Waals surface area contributed by atoms with E-state index in [1.807, 2.05) is 18.2 Å². The summed E-state index contributed by atoms with van der Waals surface area (Å²) in [6.45, 7) is 0.527. The van der Waals surface area contributed by atoms with Gasteiger partial charge in [-0.05, 0) is 42.3 Å². The number of unbranched alkanes of at least 4 members (excludes halogenated alkanes) is 1. The van der Waals surface area contributed by atoms with E-state index in [2.05, 4.69) is 5.32 Å². The van der Waals surface area contributed by atoms with Gasteiger partial charge in [-0.2, -0.15) is 0 Å². The zero-order chi connectivity index (χ0) is 18.0. The highest BCUT2D eigenvalue weighted by atomic mass is 35.5. The van der Waals surface area contributed by atoms with Crippen LogP contribution < -0.4 is 14.7 Å². The van der Waals surface area contributed by atoms with E-state index >= 15 is 0 Å². The number of sulfonamides is 1. The zero-order valence-corrected chi connectivity index (χ0v) is 15.5. The van der Waals surface area contributed by atoms with Crippen molar-refractivity contribution in [2.45, 2.75) is 23.8 Å². The van der Waals surface area contributed by atoms with Gasteiger partial charge in [-0.3, -0.25) is 4.31 Å². The molecule has 1 N–H and O–H groups in total. The third-order valence-electron chi connectivity index (χ3n) is 4.43. The Labute approximate surface area is 153 Å². The number of fused-ring (bicyclic) bond motifs is 2. The Hall–Kier alpha value is -1.60. The molecule has 0 radical (unpaired) electrons. The third kappa shape index (κ3) is 3.40. The summed E-state index contributed by atoms with van der Waals surface area (Å²) in [4.78, 5) is 0.208. The molecule has 2 aromatic rings. The molecule has 0 bridgehead atoms. The summed E-state index contributed by atoms with van der Waals surface area (Å²) in [7, 11) is -2.15. The van der Waals surface area contributed by atoms with Crippen LogP contribution in [0.3, 0.4) is 0 Å². The molecule has 0 saturated carbocycles. The molecule has 1 heterocycles. The van der Waals surface area contributed by atoms with E-state index < -0.39 is 10.0 Å². The van der Waals surface area contributed by atoms with E-state index in [4.69, 9.17) is 11.6 Å². The van der Waals surface area contributed by atoms with Crippen LogP contribution in [0.4, 0.5) is 5.69 Å². The number of halogens is 1. The molecule has 0 aromatic heterocycles. The predicted molar refractivity (Wildman–Crippen MR) is 97.4 cm³/mol. The Morgan fingerprint density at radius 3 is 2.68 bits per heavy atom. The van der Waals surface area contributed by atoms with Gasteiger partial charge in [-0.25, -0.2) is 8.42 Å². The lowest BCUT2D eigenvalue weighted by atomic mass is 9.96. The summed E-state index contributed by atoms with van der Waals surface area (Å²) < 4.78 is 27.4. The lowest BCUT2D eigenvalue weighted by Crippen LogP contribution is -2.26. The van der Waals surface area contributed by atoms with Gasteiger partial charge in [0.2, 0.25) is 0 Å². The van der Waals surface area contributed by atoms with E-state index in [-0.39, 0.29) is 17.5 Å². The first-order valence-electron chi connectivity index (χ1n) is 8.15. The zero-order valence-electron chi connectivity index (χ0n) is 13.9. The van der Waals surface area contributed by atoms with Crippen molar-refractivity contribution < 1.29 is 13.5 Å². The topological polar surface area (TPSA) is 72.5 Å². The van der Waals surface area contributed by atoms with Crippen molar-refractivity contribution in [3.05, 3.63) is 58.6 Å². The Morgan fingerprint density at radius 1 is 1.16 bits per heavy atom. The van der Waals surface area contributed by atoms with Crippen LogP contribution >= 0.6 is 11.6 Å². The van der Waals surface area contributed by atoms with Gasteiger partial charge in [-0.1, -0.05) is 42.3 Å². The average Bonchev–Trinajstić information content (AvgIpc) is 2.67. The van der Waals surface area contributed by atoms with Crippen molar-refractivity contribution in [1.29, 1.82) is 0 Å². The molecule has 2 aromatic carbocycles. The van der Waals surface area contributed by atoms with Crippen LogP contribution in [0.5, 0.6) is 0 Å². The second-order valence-electron chi connectivity index (χ2n) is 6.01. The molecule has 25 heavy (non-hydrogen) atoms. The quantitative estimate of drug-likeness (QED) is 0.809. The van der Waals surface area contributed by atoms with Crippen LogP contribution in [-0.2, 0) is 10.0 Å². The number of hydrogen-bond donors (Lipinski definition) is 1. The van der Waals surface area contributed by atoms with E-state index in [0.29, 0.717) is 29.2 Å². The standard InChI is InChI=1S/C18H20ClN2O3S/c1-21-16-7-3-2-6-14(16)18(20-10-4-5-11-22)15-9-8-13(19)12-17(15)25(21,23)24/h2-3,6-9,12,18,20H,4-5,10-11H2,1H3/q-1. The fraction of sp³-hybridized carbons (Fsp3) is 0.333. The smallest absolute Gasteiger partial charge is 0.264 e.